The highest BCUT2D eigenvalue weighted by molar-refractivity contribution is 7.90. The van der Waals surface area contributed by atoms with Gasteiger partial charge >= 0.3 is 0 Å². The van der Waals surface area contributed by atoms with Gasteiger partial charge in [0.2, 0.25) is 10.0 Å². The van der Waals surface area contributed by atoms with Gasteiger partial charge in [-0.3, -0.25) is 0 Å². The van der Waals surface area contributed by atoms with Crippen molar-refractivity contribution in [2.75, 3.05) is 6.54 Å². The van der Waals surface area contributed by atoms with E-state index in [0.717, 1.165) is 32.2 Å². The molecule has 82 valence electrons. The van der Waals surface area contributed by atoms with Crippen LogP contribution in [0.2, 0.25) is 0 Å². The normalized spacial score (nSPS) is 34.4. The highest BCUT2D eigenvalue weighted by Gasteiger charge is 2.38. The summed E-state index contributed by atoms with van der Waals surface area (Å²) in [6.45, 7) is 3.04. The Morgan fingerprint density at radius 2 is 2.00 bits per heavy atom. The lowest BCUT2D eigenvalue weighted by Crippen LogP contribution is -2.52. The predicted molar refractivity (Wildman–Crippen MR) is 55.6 cm³/mol. The van der Waals surface area contributed by atoms with Gasteiger partial charge in [-0.25, -0.2) is 13.1 Å². The van der Waals surface area contributed by atoms with E-state index in [1.165, 1.54) is 0 Å². The first-order valence-corrected chi connectivity index (χ1v) is 6.89. The molecule has 2 fully saturated rings. The van der Waals surface area contributed by atoms with Crippen LogP contribution in [0.1, 0.15) is 32.6 Å². The molecule has 2 atom stereocenters. The molecule has 0 unspecified atom stereocenters. The van der Waals surface area contributed by atoms with Crippen molar-refractivity contribution >= 4 is 10.0 Å². The molecule has 0 amide bonds. The average molecular weight is 218 g/mol. The van der Waals surface area contributed by atoms with Crippen LogP contribution >= 0.6 is 0 Å². The van der Waals surface area contributed by atoms with Crippen molar-refractivity contribution in [1.29, 1.82) is 0 Å². The van der Waals surface area contributed by atoms with E-state index in [0.29, 0.717) is 0 Å². The summed E-state index contributed by atoms with van der Waals surface area (Å²) in [4.78, 5) is 0. The van der Waals surface area contributed by atoms with Crippen molar-refractivity contribution in [3.63, 3.8) is 0 Å². The SMILES string of the molecule is C[C@@H]1NCCC[C@@H]1NS(=O)(=O)C1CC1. The van der Waals surface area contributed by atoms with E-state index in [9.17, 15) is 8.42 Å². The molecule has 4 nitrogen and oxygen atoms in total. The minimum absolute atomic E-state index is 0.0920. The van der Waals surface area contributed by atoms with Gasteiger partial charge in [0.05, 0.1) is 5.25 Å². The fourth-order valence-corrected chi connectivity index (χ4v) is 3.58. The number of hydrogen-bond donors (Lipinski definition) is 2. The molecule has 0 spiro atoms. The number of piperidine rings is 1. The molecule has 1 aliphatic carbocycles. The van der Waals surface area contributed by atoms with Gasteiger partial charge in [0.25, 0.3) is 0 Å². The topological polar surface area (TPSA) is 58.2 Å². The molecular weight excluding hydrogens is 200 g/mol. The zero-order valence-electron chi connectivity index (χ0n) is 8.49. The van der Waals surface area contributed by atoms with E-state index in [1.807, 2.05) is 6.92 Å². The highest BCUT2D eigenvalue weighted by Crippen LogP contribution is 2.28. The molecule has 2 aliphatic rings. The van der Waals surface area contributed by atoms with Crippen LogP contribution in [0.5, 0.6) is 0 Å². The lowest BCUT2D eigenvalue weighted by atomic mass is 10.0. The van der Waals surface area contributed by atoms with Crippen LogP contribution in [0.4, 0.5) is 0 Å². The summed E-state index contributed by atoms with van der Waals surface area (Å²) in [5.41, 5.74) is 0. The number of nitrogens with one attached hydrogen (secondary N) is 2. The molecule has 1 saturated heterocycles. The average Bonchev–Trinajstić information content (AvgIpc) is 2.91. The second-order valence-corrected chi connectivity index (χ2v) is 6.35. The zero-order chi connectivity index (χ0) is 10.2. The fraction of sp³-hybridized carbons (Fsp3) is 1.00. The van der Waals surface area contributed by atoms with Gasteiger partial charge in [-0.1, -0.05) is 0 Å². The van der Waals surface area contributed by atoms with Crippen LogP contribution in [0.3, 0.4) is 0 Å². The zero-order valence-corrected chi connectivity index (χ0v) is 9.31. The Hall–Kier alpha value is -0.130. The third-order valence-electron chi connectivity index (χ3n) is 3.04. The van der Waals surface area contributed by atoms with Crippen molar-refractivity contribution in [3.8, 4) is 0 Å². The van der Waals surface area contributed by atoms with E-state index >= 15 is 0 Å². The smallest absolute Gasteiger partial charge is 0.214 e. The lowest BCUT2D eigenvalue weighted by Gasteiger charge is -2.30. The van der Waals surface area contributed by atoms with Crippen LogP contribution in [0.25, 0.3) is 0 Å². The molecule has 1 aliphatic heterocycles. The highest BCUT2D eigenvalue weighted by atomic mass is 32.2. The van der Waals surface area contributed by atoms with E-state index in [2.05, 4.69) is 10.0 Å². The van der Waals surface area contributed by atoms with Crippen LogP contribution in [0.15, 0.2) is 0 Å². The molecule has 0 aromatic heterocycles. The molecule has 0 radical (unpaired) electrons. The van der Waals surface area contributed by atoms with Gasteiger partial charge < -0.3 is 5.32 Å². The van der Waals surface area contributed by atoms with E-state index < -0.39 is 10.0 Å². The van der Waals surface area contributed by atoms with Gasteiger partial charge in [-0.2, -0.15) is 0 Å². The first kappa shape index (κ1) is 10.4. The van der Waals surface area contributed by atoms with Gasteiger partial charge in [-0.05, 0) is 39.2 Å². The maximum absolute atomic E-state index is 11.7. The monoisotopic (exact) mass is 218 g/mol. The Labute approximate surface area is 85.5 Å². The summed E-state index contributed by atoms with van der Waals surface area (Å²) in [6, 6.07) is 0.353. The third-order valence-corrected chi connectivity index (χ3v) is 5.02. The molecule has 0 aromatic rings. The molecular formula is C9H18N2O2S. The Balaban J connectivity index is 1.95. The number of sulfonamides is 1. The van der Waals surface area contributed by atoms with Gasteiger partial charge in [0.1, 0.15) is 0 Å². The first-order valence-electron chi connectivity index (χ1n) is 5.34. The van der Waals surface area contributed by atoms with E-state index in [-0.39, 0.29) is 17.3 Å². The lowest BCUT2D eigenvalue weighted by molar-refractivity contribution is 0.348. The van der Waals surface area contributed by atoms with Crippen LogP contribution in [-0.2, 0) is 10.0 Å². The second kappa shape index (κ2) is 3.79. The van der Waals surface area contributed by atoms with Crippen LogP contribution in [-0.4, -0.2) is 32.3 Å². The van der Waals surface area contributed by atoms with E-state index in [1.54, 1.807) is 0 Å². The summed E-state index contributed by atoms with van der Waals surface area (Å²) in [5, 5.41) is 3.19. The van der Waals surface area contributed by atoms with Crippen molar-refractivity contribution in [2.45, 2.75) is 49.9 Å². The van der Waals surface area contributed by atoms with Crippen molar-refractivity contribution in [1.82, 2.24) is 10.0 Å². The first-order chi connectivity index (χ1) is 6.59. The van der Waals surface area contributed by atoms with E-state index in [4.69, 9.17) is 0 Å². The second-order valence-electron chi connectivity index (χ2n) is 4.35. The van der Waals surface area contributed by atoms with Crippen molar-refractivity contribution in [2.24, 2.45) is 0 Å². The molecule has 0 bridgehead atoms. The Bertz CT molecular complexity index is 298. The Kier molecular flexibility index (Phi) is 2.81. The molecule has 1 heterocycles. The van der Waals surface area contributed by atoms with Gasteiger partial charge in [0.15, 0.2) is 0 Å². The number of rotatable bonds is 3. The maximum atomic E-state index is 11.7. The molecule has 14 heavy (non-hydrogen) atoms. The van der Waals surface area contributed by atoms with Crippen molar-refractivity contribution < 1.29 is 8.42 Å². The molecule has 5 heteroatoms. The van der Waals surface area contributed by atoms with Crippen molar-refractivity contribution in [3.05, 3.63) is 0 Å². The molecule has 2 N–H and O–H groups in total. The van der Waals surface area contributed by atoms with Gasteiger partial charge in [0, 0.05) is 12.1 Å². The Morgan fingerprint density at radius 3 is 2.57 bits per heavy atom. The summed E-state index contributed by atoms with van der Waals surface area (Å²) in [5.74, 6) is 0. The predicted octanol–water partition coefficient (Wildman–Crippen LogP) is 0.209. The Morgan fingerprint density at radius 1 is 1.29 bits per heavy atom. The summed E-state index contributed by atoms with van der Waals surface area (Å²) in [6.07, 6.45) is 3.69. The minimum atomic E-state index is -3.01. The van der Waals surface area contributed by atoms with Gasteiger partial charge in [-0.15, -0.1) is 0 Å². The largest absolute Gasteiger partial charge is 0.313 e. The van der Waals surface area contributed by atoms with Crippen LogP contribution in [0, 0.1) is 0 Å². The minimum Gasteiger partial charge on any atom is -0.313 e. The number of hydrogen-bond acceptors (Lipinski definition) is 3. The summed E-state index contributed by atoms with van der Waals surface area (Å²) >= 11 is 0. The standard InChI is InChI=1S/C9H18N2O2S/c1-7-9(3-2-6-10-7)11-14(12,13)8-4-5-8/h7-11H,2-6H2,1H3/t7-,9-/m0/s1. The quantitative estimate of drug-likeness (QED) is 0.712. The maximum Gasteiger partial charge on any atom is 0.214 e. The summed E-state index contributed by atoms with van der Waals surface area (Å²) in [7, 11) is -3.01. The third kappa shape index (κ3) is 2.27. The molecule has 1 saturated carbocycles. The molecule has 2 rings (SSSR count). The van der Waals surface area contributed by atoms with Crippen LogP contribution < -0.4 is 10.0 Å². The summed E-state index contributed by atoms with van der Waals surface area (Å²) < 4.78 is 26.2. The molecule has 0 aromatic carbocycles. The fourth-order valence-electron chi connectivity index (χ4n) is 1.89.